The zero-order valence-electron chi connectivity index (χ0n) is 8.21. The van der Waals surface area contributed by atoms with E-state index in [1.807, 2.05) is 0 Å². The molecule has 0 aliphatic rings. The molecule has 0 spiro atoms. The van der Waals surface area contributed by atoms with Crippen molar-refractivity contribution in [1.82, 2.24) is 19.7 Å². The summed E-state index contributed by atoms with van der Waals surface area (Å²) in [5.74, 6) is 5.58. The number of nitrogens with one attached hydrogen (secondary N) is 1. The number of hydrogen-bond acceptors (Lipinski definition) is 4. The van der Waals surface area contributed by atoms with Crippen LogP contribution in [0.5, 0.6) is 0 Å². The molecule has 2 aromatic heterocycles. The molecule has 6 heteroatoms. The topological polar surface area (TPSA) is 83.8 Å². The van der Waals surface area contributed by atoms with Gasteiger partial charge in [-0.25, -0.2) is 19.4 Å². The maximum Gasteiger partial charge on any atom is 0.348 e. The molecule has 80 valence electrons. The minimum atomic E-state index is -0.361. The van der Waals surface area contributed by atoms with Crippen molar-refractivity contribution in [1.29, 1.82) is 0 Å². The van der Waals surface area contributed by atoms with Gasteiger partial charge in [0.25, 0.3) is 0 Å². The van der Waals surface area contributed by atoms with E-state index in [1.165, 1.54) is 10.9 Å². The molecule has 2 aromatic rings. The Kier molecular flexibility index (Phi) is 2.80. The largest absolute Gasteiger partial charge is 0.384 e. The fourth-order valence-electron chi connectivity index (χ4n) is 1.17. The molecule has 0 atom stereocenters. The van der Waals surface area contributed by atoms with Gasteiger partial charge in [0.15, 0.2) is 0 Å². The van der Waals surface area contributed by atoms with Crippen LogP contribution < -0.4 is 5.69 Å². The van der Waals surface area contributed by atoms with Gasteiger partial charge < -0.3 is 5.11 Å². The van der Waals surface area contributed by atoms with Gasteiger partial charge in [0, 0.05) is 0 Å². The third-order valence-electron chi connectivity index (χ3n) is 1.83. The van der Waals surface area contributed by atoms with Gasteiger partial charge in [-0.15, -0.1) is 0 Å². The number of aliphatic hydroxyl groups excluding tert-OH is 1. The molecule has 16 heavy (non-hydrogen) atoms. The molecule has 0 aliphatic carbocycles. The first-order valence-corrected chi connectivity index (χ1v) is 4.50. The Morgan fingerprint density at radius 3 is 3.06 bits per heavy atom. The molecule has 2 heterocycles. The second-order valence-corrected chi connectivity index (χ2v) is 2.87. The van der Waals surface area contributed by atoms with Crippen molar-refractivity contribution >= 4 is 0 Å². The van der Waals surface area contributed by atoms with Crippen LogP contribution >= 0.6 is 0 Å². The van der Waals surface area contributed by atoms with Crippen LogP contribution in [0, 0.1) is 11.8 Å². The predicted octanol–water partition coefficient (Wildman–Crippen LogP) is -0.701. The fourth-order valence-corrected chi connectivity index (χ4v) is 1.17. The van der Waals surface area contributed by atoms with E-state index in [0.29, 0.717) is 11.5 Å². The first kappa shape index (κ1) is 10.1. The second kappa shape index (κ2) is 4.42. The first-order valence-electron chi connectivity index (χ1n) is 4.50. The second-order valence-electron chi connectivity index (χ2n) is 2.87. The third-order valence-corrected chi connectivity index (χ3v) is 1.83. The molecule has 0 saturated carbocycles. The molecule has 0 fully saturated rings. The summed E-state index contributed by atoms with van der Waals surface area (Å²) in [7, 11) is 0. The zero-order valence-corrected chi connectivity index (χ0v) is 8.21. The van der Waals surface area contributed by atoms with E-state index in [2.05, 4.69) is 27.0 Å². The standard InChI is InChI=1S/C10H8N4O2/c15-6-2-4-8-3-1-5-9(12-8)14-7-11-13-10(14)16/h1,3,5,7,15H,6H2,(H,13,16). The Balaban J connectivity index is 2.44. The quantitative estimate of drug-likeness (QED) is 0.617. The van der Waals surface area contributed by atoms with E-state index in [4.69, 9.17) is 5.11 Å². The molecule has 2 N–H and O–H groups in total. The number of H-pyrrole nitrogens is 1. The van der Waals surface area contributed by atoms with Gasteiger partial charge in [0.1, 0.15) is 24.4 Å². The van der Waals surface area contributed by atoms with Crippen molar-refractivity contribution in [2.75, 3.05) is 6.61 Å². The van der Waals surface area contributed by atoms with Crippen LogP contribution in [-0.4, -0.2) is 31.5 Å². The van der Waals surface area contributed by atoms with Crippen LogP contribution in [0.2, 0.25) is 0 Å². The van der Waals surface area contributed by atoms with Crippen molar-refractivity contribution < 1.29 is 5.11 Å². The minimum absolute atomic E-state index is 0.225. The molecular weight excluding hydrogens is 208 g/mol. The van der Waals surface area contributed by atoms with Crippen molar-refractivity contribution in [2.24, 2.45) is 0 Å². The van der Waals surface area contributed by atoms with Crippen molar-refractivity contribution in [3.05, 3.63) is 40.7 Å². The molecule has 0 aromatic carbocycles. The third kappa shape index (κ3) is 1.99. The Morgan fingerprint density at radius 1 is 1.50 bits per heavy atom. The zero-order chi connectivity index (χ0) is 11.4. The molecule has 0 bridgehead atoms. The van der Waals surface area contributed by atoms with Crippen LogP contribution in [0.4, 0.5) is 0 Å². The average Bonchev–Trinajstić information content (AvgIpc) is 2.73. The maximum atomic E-state index is 11.3. The van der Waals surface area contributed by atoms with Gasteiger partial charge in [-0.1, -0.05) is 12.0 Å². The number of hydrogen-bond donors (Lipinski definition) is 2. The number of aliphatic hydroxyl groups is 1. The van der Waals surface area contributed by atoms with Crippen LogP contribution in [0.3, 0.4) is 0 Å². The Hall–Kier alpha value is -2.39. The highest BCUT2D eigenvalue weighted by atomic mass is 16.2. The van der Waals surface area contributed by atoms with Crippen LogP contribution in [0.25, 0.3) is 5.82 Å². The lowest BCUT2D eigenvalue weighted by molar-refractivity contribution is 0.350. The van der Waals surface area contributed by atoms with Crippen molar-refractivity contribution in [3.8, 4) is 17.7 Å². The lowest BCUT2D eigenvalue weighted by atomic mass is 10.3. The summed E-state index contributed by atoms with van der Waals surface area (Å²) in [5.41, 5.74) is 0.124. The average molecular weight is 216 g/mol. The van der Waals surface area contributed by atoms with E-state index < -0.39 is 0 Å². The summed E-state index contributed by atoms with van der Waals surface area (Å²) in [6.07, 6.45) is 1.34. The molecular formula is C10H8N4O2. The lowest BCUT2D eigenvalue weighted by Gasteiger charge is -1.98. The number of nitrogens with zero attached hydrogens (tertiary/aromatic N) is 3. The van der Waals surface area contributed by atoms with Gasteiger partial charge in [0.2, 0.25) is 0 Å². The highest BCUT2D eigenvalue weighted by molar-refractivity contribution is 5.33. The van der Waals surface area contributed by atoms with Crippen LogP contribution in [0.15, 0.2) is 29.3 Å². The summed E-state index contributed by atoms with van der Waals surface area (Å²) in [6, 6.07) is 5.08. The van der Waals surface area contributed by atoms with E-state index >= 15 is 0 Å². The summed E-state index contributed by atoms with van der Waals surface area (Å²) in [4.78, 5) is 15.4. The minimum Gasteiger partial charge on any atom is -0.384 e. The Bertz CT molecular complexity index is 603. The van der Waals surface area contributed by atoms with Gasteiger partial charge >= 0.3 is 5.69 Å². The molecule has 0 amide bonds. The van der Waals surface area contributed by atoms with E-state index in [1.54, 1.807) is 18.2 Å². The van der Waals surface area contributed by atoms with Crippen molar-refractivity contribution in [2.45, 2.75) is 0 Å². The SMILES string of the molecule is O=c1[nH]ncn1-c1cccc(C#CCO)n1. The van der Waals surface area contributed by atoms with Crippen LogP contribution in [0.1, 0.15) is 5.69 Å². The van der Waals surface area contributed by atoms with E-state index in [0.717, 1.165) is 0 Å². The molecule has 0 radical (unpaired) electrons. The molecule has 0 saturated heterocycles. The summed E-state index contributed by atoms with van der Waals surface area (Å²) < 4.78 is 1.27. The van der Waals surface area contributed by atoms with Gasteiger partial charge in [-0.2, -0.15) is 5.10 Å². The maximum absolute atomic E-state index is 11.3. The van der Waals surface area contributed by atoms with E-state index in [-0.39, 0.29) is 12.3 Å². The van der Waals surface area contributed by atoms with E-state index in [9.17, 15) is 4.79 Å². The fraction of sp³-hybridized carbons (Fsp3) is 0.100. The normalized spacial score (nSPS) is 9.56. The number of pyridine rings is 1. The molecule has 0 unspecified atom stereocenters. The predicted molar refractivity (Wildman–Crippen MR) is 55.9 cm³/mol. The summed E-state index contributed by atoms with van der Waals surface area (Å²) >= 11 is 0. The first-order chi connectivity index (χ1) is 7.81. The van der Waals surface area contributed by atoms with Gasteiger partial charge in [0.05, 0.1) is 0 Å². The molecule has 2 rings (SSSR count). The number of aromatic amines is 1. The van der Waals surface area contributed by atoms with Gasteiger partial charge in [-0.3, -0.25) is 0 Å². The summed E-state index contributed by atoms with van der Waals surface area (Å²) in [6.45, 7) is -0.225. The Labute approximate surface area is 90.6 Å². The monoisotopic (exact) mass is 216 g/mol. The Morgan fingerprint density at radius 2 is 2.38 bits per heavy atom. The smallest absolute Gasteiger partial charge is 0.348 e. The summed E-state index contributed by atoms with van der Waals surface area (Å²) in [5, 5.41) is 14.4. The number of rotatable bonds is 1. The molecule has 0 aliphatic heterocycles. The van der Waals surface area contributed by atoms with Crippen molar-refractivity contribution in [3.63, 3.8) is 0 Å². The number of aromatic nitrogens is 4. The highest BCUT2D eigenvalue weighted by Crippen LogP contribution is 2.01. The highest BCUT2D eigenvalue weighted by Gasteiger charge is 2.01. The van der Waals surface area contributed by atoms with Crippen LogP contribution in [-0.2, 0) is 0 Å². The lowest BCUT2D eigenvalue weighted by Crippen LogP contribution is -2.15. The van der Waals surface area contributed by atoms with Gasteiger partial charge in [-0.05, 0) is 18.1 Å². The molecule has 6 nitrogen and oxygen atoms in total.